The number of aryl methyl sites for hydroxylation is 1. The molecule has 0 bridgehead atoms. The molecule has 114 valence electrons. The second kappa shape index (κ2) is 10.3. The number of carbonyl (C=O) groups is 1. The van der Waals surface area contributed by atoms with Crippen LogP contribution in [0.2, 0.25) is 0 Å². The van der Waals surface area contributed by atoms with Gasteiger partial charge in [0.25, 0.3) is 5.82 Å². The number of tetrazole rings is 1. The largest absolute Gasteiger partial charge is 0.460 e. The number of ether oxygens (including phenoxy) is 1. The molecule has 0 N–H and O–H groups in total. The van der Waals surface area contributed by atoms with Crippen molar-refractivity contribution in [2.75, 3.05) is 6.61 Å². The lowest BCUT2D eigenvalue weighted by Gasteiger charge is -2.04. The molecule has 1 aromatic heterocycles. The van der Waals surface area contributed by atoms with Gasteiger partial charge in [0.1, 0.15) is 0 Å². The van der Waals surface area contributed by atoms with Crippen molar-refractivity contribution in [2.45, 2.75) is 71.8 Å². The number of nitrogens with zero attached hydrogens (tertiary/aromatic N) is 4. The average Bonchev–Trinajstić information content (AvgIpc) is 2.90. The van der Waals surface area contributed by atoms with Gasteiger partial charge in [-0.05, 0) is 23.8 Å². The summed E-state index contributed by atoms with van der Waals surface area (Å²) in [5.41, 5.74) is 0. The van der Waals surface area contributed by atoms with E-state index in [1.807, 2.05) is 0 Å². The van der Waals surface area contributed by atoms with Crippen molar-refractivity contribution in [1.29, 1.82) is 0 Å². The molecular formula is C14H26N4O2. The number of hydrogen-bond donors (Lipinski definition) is 0. The molecule has 0 aromatic carbocycles. The van der Waals surface area contributed by atoms with E-state index in [9.17, 15) is 4.79 Å². The third kappa shape index (κ3) is 6.12. The maximum absolute atomic E-state index is 11.6. The Balaban J connectivity index is 2.16. The van der Waals surface area contributed by atoms with Crippen LogP contribution in [0.25, 0.3) is 0 Å². The Kier molecular flexibility index (Phi) is 8.58. The van der Waals surface area contributed by atoms with Crippen LogP contribution in [0.3, 0.4) is 0 Å². The second-order valence-corrected chi connectivity index (χ2v) is 4.92. The fraction of sp³-hybridized carbons (Fsp3) is 0.857. The fourth-order valence-corrected chi connectivity index (χ4v) is 2.09. The summed E-state index contributed by atoms with van der Waals surface area (Å²) in [6.07, 6.45) is 9.97. The first-order chi connectivity index (χ1) is 9.79. The van der Waals surface area contributed by atoms with Crippen molar-refractivity contribution in [3.8, 4) is 0 Å². The summed E-state index contributed by atoms with van der Waals surface area (Å²) in [6.45, 7) is 5.01. The molecule has 6 nitrogen and oxygen atoms in total. The summed E-state index contributed by atoms with van der Waals surface area (Å²) < 4.78 is 6.44. The van der Waals surface area contributed by atoms with E-state index in [4.69, 9.17) is 4.74 Å². The van der Waals surface area contributed by atoms with Gasteiger partial charge in [-0.25, -0.2) is 9.48 Å². The van der Waals surface area contributed by atoms with Crippen molar-refractivity contribution in [3.05, 3.63) is 5.82 Å². The minimum Gasteiger partial charge on any atom is -0.460 e. The first-order valence-electron chi connectivity index (χ1n) is 7.72. The molecule has 0 unspecified atom stereocenters. The Bertz CT molecular complexity index is 379. The zero-order chi connectivity index (χ0) is 14.6. The van der Waals surface area contributed by atoms with Crippen LogP contribution in [0.15, 0.2) is 0 Å². The molecule has 0 atom stereocenters. The van der Waals surface area contributed by atoms with E-state index in [1.54, 1.807) is 6.92 Å². The van der Waals surface area contributed by atoms with Crippen molar-refractivity contribution in [3.63, 3.8) is 0 Å². The van der Waals surface area contributed by atoms with Crippen LogP contribution in [0.5, 0.6) is 0 Å². The van der Waals surface area contributed by atoms with E-state index in [0.29, 0.717) is 13.2 Å². The van der Waals surface area contributed by atoms with E-state index < -0.39 is 5.97 Å². The van der Waals surface area contributed by atoms with Crippen LogP contribution in [0, 0.1) is 0 Å². The first kappa shape index (κ1) is 16.6. The van der Waals surface area contributed by atoms with E-state index in [0.717, 1.165) is 12.8 Å². The minimum absolute atomic E-state index is 0.204. The predicted molar refractivity (Wildman–Crippen MR) is 76.4 cm³/mol. The monoisotopic (exact) mass is 282 g/mol. The third-order valence-electron chi connectivity index (χ3n) is 3.21. The summed E-state index contributed by atoms with van der Waals surface area (Å²) in [4.78, 5) is 11.6. The van der Waals surface area contributed by atoms with Gasteiger partial charge in [-0.15, -0.1) is 5.10 Å². The molecule has 0 radical (unpaired) electrons. The van der Waals surface area contributed by atoms with Gasteiger partial charge in [-0.3, -0.25) is 0 Å². The molecule has 0 saturated heterocycles. The van der Waals surface area contributed by atoms with E-state index in [-0.39, 0.29) is 5.82 Å². The van der Waals surface area contributed by atoms with E-state index in [1.165, 1.54) is 43.2 Å². The zero-order valence-electron chi connectivity index (χ0n) is 12.7. The smallest absolute Gasteiger partial charge is 0.378 e. The lowest BCUT2D eigenvalue weighted by Crippen LogP contribution is -2.14. The fourth-order valence-electron chi connectivity index (χ4n) is 2.09. The molecule has 6 heteroatoms. The highest BCUT2D eigenvalue weighted by Gasteiger charge is 2.15. The van der Waals surface area contributed by atoms with Crippen molar-refractivity contribution < 1.29 is 9.53 Å². The van der Waals surface area contributed by atoms with E-state index >= 15 is 0 Å². The maximum Gasteiger partial charge on any atom is 0.378 e. The highest BCUT2D eigenvalue weighted by atomic mass is 16.5. The molecule has 0 fully saturated rings. The van der Waals surface area contributed by atoms with Crippen LogP contribution in [0.1, 0.15) is 75.8 Å². The minimum atomic E-state index is -0.447. The van der Waals surface area contributed by atoms with Gasteiger partial charge in [0.2, 0.25) is 0 Å². The highest BCUT2D eigenvalue weighted by Crippen LogP contribution is 2.09. The number of unbranched alkanes of at least 4 members (excludes halogenated alkanes) is 7. The zero-order valence-corrected chi connectivity index (χ0v) is 12.7. The van der Waals surface area contributed by atoms with Crippen LogP contribution < -0.4 is 0 Å². The van der Waals surface area contributed by atoms with Crippen LogP contribution in [-0.4, -0.2) is 32.8 Å². The van der Waals surface area contributed by atoms with Crippen molar-refractivity contribution in [1.82, 2.24) is 20.2 Å². The molecule has 20 heavy (non-hydrogen) atoms. The lowest BCUT2D eigenvalue weighted by atomic mass is 10.1. The SMILES string of the molecule is CCCCCCCCCCn1nnnc1C(=O)OCC. The van der Waals surface area contributed by atoms with Crippen LogP contribution >= 0.6 is 0 Å². The van der Waals surface area contributed by atoms with Crippen molar-refractivity contribution in [2.24, 2.45) is 0 Å². The Morgan fingerprint density at radius 2 is 1.70 bits per heavy atom. The molecular weight excluding hydrogens is 256 g/mol. The maximum atomic E-state index is 11.6. The van der Waals surface area contributed by atoms with Gasteiger partial charge >= 0.3 is 5.97 Å². The van der Waals surface area contributed by atoms with Gasteiger partial charge < -0.3 is 4.74 Å². The molecule has 0 aliphatic carbocycles. The normalized spacial score (nSPS) is 10.7. The third-order valence-corrected chi connectivity index (χ3v) is 3.21. The topological polar surface area (TPSA) is 69.9 Å². The lowest BCUT2D eigenvalue weighted by molar-refractivity contribution is 0.0504. The molecule has 1 rings (SSSR count). The van der Waals surface area contributed by atoms with Gasteiger partial charge in [0.05, 0.1) is 6.61 Å². The van der Waals surface area contributed by atoms with Crippen LogP contribution in [0.4, 0.5) is 0 Å². The number of carbonyl (C=O) groups excluding carboxylic acids is 1. The van der Waals surface area contributed by atoms with Crippen LogP contribution in [-0.2, 0) is 11.3 Å². The average molecular weight is 282 g/mol. The first-order valence-corrected chi connectivity index (χ1v) is 7.72. The molecule has 0 spiro atoms. The number of aromatic nitrogens is 4. The van der Waals surface area contributed by atoms with Gasteiger partial charge in [0, 0.05) is 6.54 Å². The Hall–Kier alpha value is -1.46. The van der Waals surface area contributed by atoms with Gasteiger partial charge in [-0.1, -0.05) is 51.9 Å². The van der Waals surface area contributed by atoms with Gasteiger partial charge in [0.15, 0.2) is 0 Å². The number of rotatable bonds is 11. The quantitative estimate of drug-likeness (QED) is 0.461. The highest BCUT2D eigenvalue weighted by molar-refractivity contribution is 5.85. The molecule has 0 aliphatic rings. The molecule has 0 amide bonds. The van der Waals surface area contributed by atoms with Gasteiger partial charge in [-0.2, -0.15) is 0 Å². The molecule has 1 heterocycles. The second-order valence-electron chi connectivity index (χ2n) is 4.92. The Morgan fingerprint density at radius 1 is 1.05 bits per heavy atom. The van der Waals surface area contributed by atoms with Crippen molar-refractivity contribution >= 4 is 5.97 Å². The summed E-state index contributed by atoms with van der Waals surface area (Å²) >= 11 is 0. The molecule has 1 aromatic rings. The summed E-state index contributed by atoms with van der Waals surface area (Å²) in [7, 11) is 0. The molecule has 0 saturated carbocycles. The number of esters is 1. The summed E-state index contributed by atoms with van der Waals surface area (Å²) in [6, 6.07) is 0. The summed E-state index contributed by atoms with van der Waals surface area (Å²) in [5, 5.41) is 11.1. The number of hydrogen-bond acceptors (Lipinski definition) is 5. The predicted octanol–water partition coefficient (Wildman–Crippen LogP) is 2.99. The Morgan fingerprint density at radius 3 is 2.35 bits per heavy atom. The van der Waals surface area contributed by atoms with E-state index in [2.05, 4.69) is 22.4 Å². The summed E-state index contributed by atoms with van der Waals surface area (Å²) in [5.74, 6) is -0.244. The standard InChI is InChI=1S/C14H26N4O2/c1-3-5-6-7-8-9-10-11-12-18-13(15-16-17-18)14(19)20-4-2/h3-12H2,1-2H3. The Labute approximate surface area is 120 Å². The molecule has 0 aliphatic heterocycles.